The van der Waals surface area contributed by atoms with E-state index in [1.807, 2.05) is 13.8 Å². The van der Waals surface area contributed by atoms with Crippen molar-refractivity contribution >= 4 is 13.4 Å². The Hall–Kier alpha value is -0.180. The van der Waals surface area contributed by atoms with Crippen LogP contribution in [0.3, 0.4) is 0 Å². The Morgan fingerprint density at radius 3 is 2.21 bits per heavy atom. The molecule has 0 aliphatic carbocycles. The summed E-state index contributed by atoms with van der Waals surface area (Å²) in [5, 5.41) is 0. The minimum Gasteiger partial charge on any atom is -0.312 e. The van der Waals surface area contributed by atoms with Crippen LogP contribution in [0.15, 0.2) is 0 Å². The zero-order valence-corrected chi connectivity index (χ0v) is 10.2. The maximum absolute atomic E-state index is 11.6. The van der Waals surface area contributed by atoms with Gasteiger partial charge in [-0.05, 0) is 6.42 Å². The molecule has 0 amide bonds. The summed E-state index contributed by atoms with van der Waals surface area (Å²) in [7, 11) is -0.577. The van der Waals surface area contributed by atoms with Gasteiger partial charge in [0.15, 0.2) is 0 Å². The largest absolute Gasteiger partial charge is 0.337 e. The zero-order valence-electron chi connectivity index (χ0n) is 9.28. The van der Waals surface area contributed by atoms with Crippen LogP contribution < -0.4 is 0 Å². The van der Waals surface area contributed by atoms with Gasteiger partial charge in [-0.15, -0.1) is 0 Å². The molecule has 0 radical (unpaired) electrons. The summed E-state index contributed by atoms with van der Waals surface area (Å²) in [4.78, 5) is 11.5. The lowest BCUT2D eigenvalue weighted by atomic mass is 10.0. The van der Waals surface area contributed by atoms with Gasteiger partial charge in [0.2, 0.25) is 0 Å². The van der Waals surface area contributed by atoms with Crippen molar-refractivity contribution in [3.63, 3.8) is 0 Å². The van der Waals surface area contributed by atoms with Crippen LogP contribution in [0.25, 0.3) is 0 Å². The molecule has 4 nitrogen and oxygen atoms in total. The van der Waals surface area contributed by atoms with E-state index in [0.717, 1.165) is 12.8 Å². The summed E-state index contributed by atoms with van der Waals surface area (Å²) in [6.07, 6.45) is 1.63. The average molecular weight is 222 g/mol. The number of carbonyl (C=O) groups excluding carboxylic acids is 1. The first-order valence-electron chi connectivity index (χ1n) is 4.72. The smallest absolute Gasteiger partial charge is 0.312 e. The fraction of sp³-hybridized carbons (Fsp3) is 0.889. The number of hydrogen-bond donors (Lipinski definition) is 0. The lowest BCUT2D eigenvalue weighted by Gasteiger charge is -2.15. The minimum absolute atomic E-state index is 0.0566. The second kappa shape index (κ2) is 6.33. The third-order valence-corrected chi connectivity index (χ3v) is 3.99. The topological polar surface area (TPSA) is 52.6 Å². The van der Waals surface area contributed by atoms with Gasteiger partial charge in [-0.3, -0.25) is 9.36 Å². The molecule has 0 fully saturated rings. The molecule has 5 heteroatoms. The summed E-state index contributed by atoms with van der Waals surface area (Å²) in [5.41, 5.74) is 0. The van der Waals surface area contributed by atoms with E-state index in [2.05, 4.69) is 0 Å². The van der Waals surface area contributed by atoms with Gasteiger partial charge in [0.1, 0.15) is 11.9 Å². The fourth-order valence-electron chi connectivity index (χ4n) is 1.14. The lowest BCUT2D eigenvalue weighted by molar-refractivity contribution is -0.120. The predicted octanol–water partition coefficient (Wildman–Crippen LogP) is 2.48. The van der Waals surface area contributed by atoms with E-state index in [-0.39, 0.29) is 17.9 Å². The van der Waals surface area contributed by atoms with Crippen molar-refractivity contribution < 1.29 is 18.4 Å². The van der Waals surface area contributed by atoms with Crippen molar-refractivity contribution in [1.82, 2.24) is 0 Å². The molecule has 0 aliphatic heterocycles. The Kier molecular flexibility index (Phi) is 6.25. The van der Waals surface area contributed by atoms with Gasteiger partial charge in [0.25, 0.3) is 0 Å². The maximum atomic E-state index is 11.6. The van der Waals surface area contributed by atoms with Crippen molar-refractivity contribution in [3.8, 4) is 0 Å². The van der Waals surface area contributed by atoms with Crippen LogP contribution in [0.5, 0.6) is 0 Å². The second-order valence-corrected chi connectivity index (χ2v) is 5.56. The van der Waals surface area contributed by atoms with Crippen molar-refractivity contribution in [1.29, 1.82) is 0 Å². The number of Topliss-reactive ketones (excluding diaryl/α,β-unsaturated/α-hetero) is 1. The van der Waals surface area contributed by atoms with Crippen molar-refractivity contribution in [2.45, 2.75) is 26.7 Å². The third kappa shape index (κ3) is 4.36. The number of ketones is 1. The van der Waals surface area contributed by atoms with E-state index >= 15 is 0 Å². The third-order valence-electron chi connectivity index (χ3n) is 2.18. The molecule has 1 atom stereocenters. The quantitative estimate of drug-likeness (QED) is 0.621. The van der Waals surface area contributed by atoms with E-state index in [9.17, 15) is 9.36 Å². The molecule has 0 rings (SSSR count). The molecule has 14 heavy (non-hydrogen) atoms. The van der Waals surface area contributed by atoms with Gasteiger partial charge in [-0.2, -0.15) is 0 Å². The van der Waals surface area contributed by atoms with Crippen molar-refractivity contribution in [2.75, 3.05) is 20.4 Å². The molecule has 0 heterocycles. The molecule has 0 aromatic carbocycles. The molecule has 0 aromatic rings. The normalized spacial score (nSPS) is 14.0. The number of rotatable bonds is 7. The van der Waals surface area contributed by atoms with Crippen LogP contribution in [-0.2, 0) is 18.4 Å². The van der Waals surface area contributed by atoms with Crippen molar-refractivity contribution in [2.24, 2.45) is 5.92 Å². The summed E-state index contributed by atoms with van der Waals surface area (Å²) >= 11 is 0. The Bertz CT molecular complexity index is 219. The molecule has 0 aromatic heterocycles. The summed E-state index contributed by atoms with van der Waals surface area (Å²) in [5.74, 6) is -0.127. The predicted molar refractivity (Wildman–Crippen MR) is 55.6 cm³/mol. The van der Waals surface area contributed by atoms with Gasteiger partial charge < -0.3 is 9.05 Å². The highest BCUT2D eigenvalue weighted by Gasteiger charge is 2.27. The second-order valence-electron chi connectivity index (χ2n) is 3.29. The van der Waals surface area contributed by atoms with E-state index in [4.69, 9.17) is 9.05 Å². The molecule has 0 saturated carbocycles. The van der Waals surface area contributed by atoms with Gasteiger partial charge in [0.05, 0.1) is 0 Å². The van der Waals surface area contributed by atoms with Gasteiger partial charge >= 0.3 is 7.60 Å². The summed E-state index contributed by atoms with van der Waals surface area (Å²) in [6, 6.07) is 0. The van der Waals surface area contributed by atoms with Gasteiger partial charge in [-0.25, -0.2) is 0 Å². The van der Waals surface area contributed by atoms with Crippen LogP contribution in [0, 0.1) is 5.92 Å². The molecule has 0 bridgehead atoms. The standard InChI is InChI=1S/C9H19O4P/c1-5-6-8(2)9(10)7-14(11,12-3)13-4/h8H,5-7H2,1-4H3. The molecule has 0 spiro atoms. The SMILES string of the molecule is CCCC(C)C(=O)CP(=O)(OC)OC. The van der Waals surface area contributed by atoms with E-state index in [0.29, 0.717) is 0 Å². The molecule has 84 valence electrons. The van der Waals surface area contributed by atoms with Crippen LogP contribution in [0.2, 0.25) is 0 Å². The first kappa shape index (κ1) is 13.8. The highest BCUT2D eigenvalue weighted by atomic mass is 31.2. The summed E-state index contributed by atoms with van der Waals surface area (Å²) in [6.45, 7) is 3.84. The van der Waals surface area contributed by atoms with Crippen LogP contribution in [-0.4, -0.2) is 26.2 Å². The molecular weight excluding hydrogens is 203 g/mol. The van der Waals surface area contributed by atoms with E-state index < -0.39 is 7.60 Å². The average Bonchev–Trinajstić information content (AvgIpc) is 2.18. The van der Waals surface area contributed by atoms with Crippen LogP contribution in [0.4, 0.5) is 0 Å². The molecule has 0 N–H and O–H groups in total. The van der Waals surface area contributed by atoms with Crippen LogP contribution in [0.1, 0.15) is 26.7 Å². The fourth-order valence-corrected chi connectivity index (χ4v) is 2.24. The maximum Gasteiger partial charge on any atom is 0.337 e. The Morgan fingerprint density at radius 2 is 1.86 bits per heavy atom. The number of hydrogen-bond acceptors (Lipinski definition) is 4. The number of carbonyl (C=O) groups is 1. The first-order valence-corrected chi connectivity index (χ1v) is 6.45. The Labute approximate surface area is 85.5 Å². The monoisotopic (exact) mass is 222 g/mol. The highest BCUT2D eigenvalue weighted by molar-refractivity contribution is 7.54. The summed E-state index contributed by atoms with van der Waals surface area (Å²) < 4.78 is 21.0. The molecule has 1 unspecified atom stereocenters. The minimum atomic E-state index is -3.16. The van der Waals surface area contributed by atoms with Gasteiger partial charge in [0, 0.05) is 20.1 Å². The van der Waals surface area contributed by atoms with Crippen molar-refractivity contribution in [3.05, 3.63) is 0 Å². The lowest BCUT2D eigenvalue weighted by Crippen LogP contribution is -2.16. The molecule has 0 saturated heterocycles. The zero-order chi connectivity index (χ0) is 11.2. The van der Waals surface area contributed by atoms with Crippen LogP contribution >= 0.6 is 7.60 Å². The van der Waals surface area contributed by atoms with Gasteiger partial charge in [-0.1, -0.05) is 20.3 Å². The first-order chi connectivity index (χ1) is 6.49. The van der Waals surface area contributed by atoms with E-state index in [1.54, 1.807) is 0 Å². The highest BCUT2D eigenvalue weighted by Crippen LogP contribution is 2.46. The van der Waals surface area contributed by atoms with E-state index in [1.165, 1.54) is 14.2 Å². The Balaban J connectivity index is 4.23. The molecular formula is C9H19O4P. The molecule has 0 aliphatic rings. The Morgan fingerprint density at radius 1 is 1.36 bits per heavy atom.